The summed E-state index contributed by atoms with van der Waals surface area (Å²) in [5.74, 6) is 0. The van der Waals surface area contributed by atoms with E-state index in [2.05, 4.69) is 6.92 Å². The van der Waals surface area contributed by atoms with Crippen LogP contribution in [-0.2, 0) is 8.85 Å². The molecule has 0 fully saturated rings. The number of hydrogen-bond donors (Lipinski definition) is 0. The van der Waals surface area contributed by atoms with Crippen LogP contribution in [0.15, 0.2) is 0 Å². The van der Waals surface area contributed by atoms with E-state index in [1.54, 1.807) is 0 Å². The first-order valence-electron chi connectivity index (χ1n) is 4.17. The molecule has 0 aromatic carbocycles. The topological polar surface area (TPSA) is 18.5 Å². The van der Waals surface area contributed by atoms with Crippen LogP contribution in [-0.4, -0.2) is 19.9 Å². The maximum Gasteiger partial charge on any atom is 0.551 e. The molecule has 0 unspecified atom stereocenters. The summed E-state index contributed by atoms with van der Waals surface area (Å²) in [7, 11) is -2.86. The smallest absolute Gasteiger partial charge is 0.372 e. The van der Waals surface area contributed by atoms with Gasteiger partial charge in [0, 0.05) is 12.7 Å². The first kappa shape index (κ1) is 12.7. The van der Waals surface area contributed by atoms with Crippen LogP contribution in [0.5, 0.6) is 0 Å². The van der Waals surface area contributed by atoms with Crippen LogP contribution in [0.3, 0.4) is 0 Å². The van der Waals surface area contributed by atoms with Crippen molar-refractivity contribution >= 4 is 29.3 Å². The van der Waals surface area contributed by atoms with E-state index in [0.29, 0.717) is 6.61 Å². The first-order valence-corrected chi connectivity index (χ1v) is 8.01. The normalized spacial score (nSPS) is 12.5. The van der Waals surface area contributed by atoms with Crippen molar-refractivity contribution in [1.29, 1.82) is 0 Å². The predicted molar refractivity (Wildman–Crippen MR) is 54.5 cm³/mol. The Morgan fingerprint density at radius 3 is 2.33 bits per heavy atom. The molecular formula is C7H16Cl2O2Si. The van der Waals surface area contributed by atoms with Crippen LogP contribution < -0.4 is 0 Å². The summed E-state index contributed by atoms with van der Waals surface area (Å²) < 4.78 is 10.5. The summed E-state index contributed by atoms with van der Waals surface area (Å²) in [5, 5.41) is 0. The molecule has 0 radical (unpaired) electrons. The molecule has 0 aliphatic rings. The van der Waals surface area contributed by atoms with Crippen LogP contribution in [0.25, 0.3) is 0 Å². The van der Waals surface area contributed by atoms with Crippen molar-refractivity contribution in [3.63, 3.8) is 0 Å². The minimum Gasteiger partial charge on any atom is -0.372 e. The van der Waals surface area contributed by atoms with Crippen LogP contribution in [0.1, 0.15) is 33.6 Å². The molecule has 0 rings (SSSR count). The van der Waals surface area contributed by atoms with Crippen LogP contribution in [0.4, 0.5) is 0 Å². The third-order valence-electron chi connectivity index (χ3n) is 1.14. The average molecular weight is 231 g/mol. The monoisotopic (exact) mass is 230 g/mol. The molecule has 0 spiro atoms. The zero-order valence-corrected chi connectivity index (χ0v) is 10.3. The highest BCUT2D eigenvalue weighted by Crippen LogP contribution is 2.20. The van der Waals surface area contributed by atoms with E-state index in [-0.39, 0.29) is 6.10 Å². The molecule has 0 amide bonds. The molecule has 0 aromatic heterocycles. The van der Waals surface area contributed by atoms with Gasteiger partial charge in [0.25, 0.3) is 0 Å². The van der Waals surface area contributed by atoms with E-state index in [9.17, 15) is 0 Å². The Bertz CT molecular complexity index is 120. The van der Waals surface area contributed by atoms with E-state index < -0.39 is 7.18 Å². The third kappa shape index (κ3) is 7.37. The number of unbranched alkanes of at least 4 members (excludes halogenated alkanes) is 1. The van der Waals surface area contributed by atoms with Gasteiger partial charge in [0.2, 0.25) is 0 Å². The molecule has 0 N–H and O–H groups in total. The summed E-state index contributed by atoms with van der Waals surface area (Å²) in [4.78, 5) is 0. The molecule has 0 saturated heterocycles. The highest BCUT2D eigenvalue weighted by Gasteiger charge is 2.34. The first-order chi connectivity index (χ1) is 5.48. The van der Waals surface area contributed by atoms with Gasteiger partial charge >= 0.3 is 7.18 Å². The average Bonchev–Trinajstić information content (AvgIpc) is 1.84. The van der Waals surface area contributed by atoms with Crippen LogP contribution in [0.2, 0.25) is 0 Å². The summed E-state index contributed by atoms with van der Waals surface area (Å²) in [5.41, 5.74) is 0. The lowest BCUT2D eigenvalue weighted by Gasteiger charge is -2.19. The molecule has 5 heteroatoms. The van der Waals surface area contributed by atoms with Gasteiger partial charge in [-0.05, 0) is 20.3 Å². The fraction of sp³-hybridized carbons (Fsp3) is 1.00. The van der Waals surface area contributed by atoms with Crippen molar-refractivity contribution < 1.29 is 8.85 Å². The van der Waals surface area contributed by atoms with Crippen molar-refractivity contribution in [2.75, 3.05) is 6.61 Å². The Morgan fingerprint density at radius 2 is 1.92 bits per heavy atom. The summed E-state index contributed by atoms with van der Waals surface area (Å²) in [6.07, 6.45) is 2.06. The third-order valence-corrected chi connectivity index (χ3v) is 3.62. The lowest BCUT2D eigenvalue weighted by atomic mass is 10.4. The Hall–Kier alpha value is 0.717. The molecule has 0 saturated carbocycles. The molecule has 0 heterocycles. The summed E-state index contributed by atoms with van der Waals surface area (Å²) in [6.45, 7) is 6.44. The van der Waals surface area contributed by atoms with Crippen LogP contribution >= 0.6 is 22.2 Å². The van der Waals surface area contributed by atoms with Gasteiger partial charge in [-0.3, -0.25) is 0 Å². The quantitative estimate of drug-likeness (QED) is 0.397. The van der Waals surface area contributed by atoms with E-state index in [1.807, 2.05) is 13.8 Å². The molecule has 0 aromatic rings. The van der Waals surface area contributed by atoms with Gasteiger partial charge in [0.05, 0.1) is 0 Å². The highest BCUT2D eigenvalue weighted by molar-refractivity contribution is 7.39. The van der Waals surface area contributed by atoms with Crippen molar-refractivity contribution in [3.8, 4) is 0 Å². The molecule has 74 valence electrons. The minimum absolute atomic E-state index is 0.0216. The standard InChI is InChI=1S/C7H16Cl2O2Si/c1-4-5-6-10-12(8,9)11-7(2)3/h7H,4-6H2,1-3H3. The molecule has 12 heavy (non-hydrogen) atoms. The van der Waals surface area contributed by atoms with E-state index >= 15 is 0 Å². The second kappa shape index (κ2) is 6.21. The van der Waals surface area contributed by atoms with Gasteiger partial charge in [-0.15, -0.1) is 0 Å². The Labute approximate surface area is 84.8 Å². The van der Waals surface area contributed by atoms with Crippen LogP contribution in [0, 0.1) is 0 Å². The highest BCUT2D eigenvalue weighted by atomic mass is 35.7. The second-order valence-electron chi connectivity index (χ2n) is 2.83. The van der Waals surface area contributed by atoms with E-state index in [1.165, 1.54) is 0 Å². The summed E-state index contributed by atoms with van der Waals surface area (Å²) in [6, 6.07) is 0. The fourth-order valence-corrected chi connectivity index (χ4v) is 3.17. The van der Waals surface area contributed by atoms with Gasteiger partial charge in [0.15, 0.2) is 0 Å². The van der Waals surface area contributed by atoms with E-state index in [4.69, 9.17) is 31.0 Å². The Balaban J connectivity index is 3.56. The van der Waals surface area contributed by atoms with Crippen molar-refractivity contribution in [3.05, 3.63) is 0 Å². The van der Waals surface area contributed by atoms with Gasteiger partial charge in [-0.1, -0.05) is 35.5 Å². The molecular weight excluding hydrogens is 215 g/mol. The molecule has 2 nitrogen and oxygen atoms in total. The zero-order chi connectivity index (χ0) is 9.61. The fourth-order valence-electron chi connectivity index (χ4n) is 0.644. The van der Waals surface area contributed by atoms with Gasteiger partial charge < -0.3 is 8.85 Å². The summed E-state index contributed by atoms with van der Waals surface area (Å²) >= 11 is 11.7. The predicted octanol–water partition coefficient (Wildman–Crippen LogP) is 3.14. The maximum absolute atomic E-state index is 5.83. The Kier molecular flexibility index (Phi) is 6.58. The number of halogens is 2. The lowest BCUT2D eigenvalue weighted by molar-refractivity contribution is 0.163. The number of rotatable bonds is 6. The molecule has 0 atom stereocenters. The minimum atomic E-state index is -2.86. The van der Waals surface area contributed by atoms with Gasteiger partial charge in [-0.25, -0.2) is 0 Å². The molecule has 0 aliphatic carbocycles. The molecule has 0 aliphatic heterocycles. The largest absolute Gasteiger partial charge is 0.551 e. The molecule has 0 bridgehead atoms. The Morgan fingerprint density at radius 1 is 1.33 bits per heavy atom. The lowest BCUT2D eigenvalue weighted by Crippen LogP contribution is -2.32. The van der Waals surface area contributed by atoms with Gasteiger partial charge in [0.1, 0.15) is 0 Å². The van der Waals surface area contributed by atoms with Crippen molar-refractivity contribution in [2.24, 2.45) is 0 Å². The SMILES string of the molecule is CCCCO[Si](Cl)(Cl)OC(C)C. The van der Waals surface area contributed by atoms with Crippen molar-refractivity contribution in [1.82, 2.24) is 0 Å². The maximum atomic E-state index is 5.83. The zero-order valence-electron chi connectivity index (χ0n) is 7.77. The number of hydrogen-bond acceptors (Lipinski definition) is 2. The van der Waals surface area contributed by atoms with Crippen molar-refractivity contribution in [2.45, 2.75) is 39.7 Å². The second-order valence-corrected chi connectivity index (χ2v) is 7.85. The van der Waals surface area contributed by atoms with Gasteiger partial charge in [-0.2, -0.15) is 0 Å². The van der Waals surface area contributed by atoms with E-state index in [0.717, 1.165) is 12.8 Å².